The number of anilines is 1. The quantitative estimate of drug-likeness (QED) is 0.927. The smallest absolute Gasteiger partial charge is 0.224 e. The molecule has 0 saturated carbocycles. The molecule has 0 atom stereocenters. The lowest BCUT2D eigenvalue weighted by Crippen LogP contribution is -2.12. The van der Waals surface area contributed by atoms with Gasteiger partial charge in [-0.3, -0.25) is 9.78 Å². The van der Waals surface area contributed by atoms with Crippen molar-refractivity contribution >= 4 is 34.8 Å². The van der Waals surface area contributed by atoms with Crippen LogP contribution in [0.2, 0.25) is 10.0 Å². The van der Waals surface area contributed by atoms with Gasteiger partial charge in [0.05, 0.1) is 10.0 Å². The molecule has 3 nitrogen and oxygen atoms in total. The Morgan fingerprint density at radius 1 is 1.16 bits per heavy atom. The number of carbonyl (C=O) groups excluding carboxylic acids is 1. The summed E-state index contributed by atoms with van der Waals surface area (Å²) in [5, 5.41) is 3.66. The number of rotatable bonds is 4. The molecule has 1 N–H and O–H groups in total. The molecule has 0 radical (unpaired) electrons. The van der Waals surface area contributed by atoms with Crippen LogP contribution in [0, 0.1) is 0 Å². The Bertz CT molecular complexity index is 573. The van der Waals surface area contributed by atoms with Crippen molar-refractivity contribution in [2.75, 3.05) is 5.32 Å². The van der Waals surface area contributed by atoms with Gasteiger partial charge in [-0.25, -0.2) is 0 Å². The third-order valence-corrected chi connectivity index (χ3v) is 3.28. The van der Waals surface area contributed by atoms with E-state index in [0.717, 1.165) is 5.69 Å². The summed E-state index contributed by atoms with van der Waals surface area (Å²) in [5.74, 6) is -0.0796. The number of aryl methyl sites for hydroxylation is 1. The summed E-state index contributed by atoms with van der Waals surface area (Å²) < 4.78 is 0. The van der Waals surface area contributed by atoms with Crippen molar-refractivity contribution in [3.63, 3.8) is 0 Å². The summed E-state index contributed by atoms with van der Waals surface area (Å²) in [6, 6.07) is 10.6. The van der Waals surface area contributed by atoms with Crippen LogP contribution < -0.4 is 5.32 Å². The van der Waals surface area contributed by atoms with E-state index in [2.05, 4.69) is 10.3 Å². The number of hydrogen-bond acceptors (Lipinski definition) is 2. The first-order valence-electron chi connectivity index (χ1n) is 5.80. The molecule has 0 bridgehead atoms. The monoisotopic (exact) mass is 294 g/mol. The van der Waals surface area contributed by atoms with Crippen LogP contribution in [0.3, 0.4) is 0 Å². The molecule has 0 spiro atoms. The van der Waals surface area contributed by atoms with Crippen LogP contribution in [0.4, 0.5) is 5.69 Å². The van der Waals surface area contributed by atoms with Crippen molar-refractivity contribution in [3.05, 3.63) is 58.3 Å². The van der Waals surface area contributed by atoms with Crippen LogP contribution in [-0.4, -0.2) is 10.9 Å². The fourth-order valence-corrected chi connectivity index (χ4v) is 1.88. The van der Waals surface area contributed by atoms with Crippen LogP contribution in [0.15, 0.2) is 42.6 Å². The minimum Gasteiger partial charge on any atom is -0.326 e. The van der Waals surface area contributed by atoms with E-state index in [4.69, 9.17) is 23.2 Å². The second-order valence-electron chi connectivity index (χ2n) is 4.00. The maximum atomic E-state index is 11.8. The molecule has 0 aliphatic rings. The molecule has 0 fully saturated rings. The lowest BCUT2D eigenvalue weighted by molar-refractivity contribution is -0.116. The molecule has 19 heavy (non-hydrogen) atoms. The lowest BCUT2D eigenvalue weighted by atomic mass is 10.2. The normalized spacial score (nSPS) is 10.2. The highest BCUT2D eigenvalue weighted by Crippen LogP contribution is 2.25. The number of amides is 1. The Morgan fingerprint density at radius 2 is 2.00 bits per heavy atom. The minimum atomic E-state index is -0.0796. The molecule has 1 aromatic heterocycles. The van der Waals surface area contributed by atoms with Crippen molar-refractivity contribution in [2.45, 2.75) is 12.8 Å². The third-order valence-electron chi connectivity index (χ3n) is 2.54. The van der Waals surface area contributed by atoms with Gasteiger partial charge in [-0.1, -0.05) is 29.3 Å². The van der Waals surface area contributed by atoms with E-state index >= 15 is 0 Å². The molecule has 2 aromatic rings. The molecule has 0 saturated heterocycles. The van der Waals surface area contributed by atoms with Gasteiger partial charge in [-0.2, -0.15) is 0 Å². The number of nitrogens with zero attached hydrogens (tertiary/aromatic N) is 1. The van der Waals surface area contributed by atoms with Gasteiger partial charge in [0.15, 0.2) is 0 Å². The van der Waals surface area contributed by atoms with Crippen LogP contribution in [0.1, 0.15) is 12.1 Å². The summed E-state index contributed by atoms with van der Waals surface area (Å²) in [4.78, 5) is 15.9. The number of hydrogen-bond donors (Lipinski definition) is 1. The molecule has 1 aromatic carbocycles. The maximum absolute atomic E-state index is 11.8. The molecule has 1 heterocycles. The van der Waals surface area contributed by atoms with Crippen LogP contribution in [-0.2, 0) is 11.2 Å². The molecular formula is C14H12Cl2N2O. The van der Waals surface area contributed by atoms with Gasteiger partial charge in [0, 0.05) is 24.0 Å². The Kier molecular flexibility index (Phi) is 4.77. The summed E-state index contributed by atoms with van der Waals surface area (Å²) >= 11 is 11.7. The number of aromatic nitrogens is 1. The largest absolute Gasteiger partial charge is 0.326 e. The fourth-order valence-electron chi connectivity index (χ4n) is 1.58. The predicted molar refractivity (Wildman–Crippen MR) is 77.6 cm³/mol. The zero-order valence-electron chi connectivity index (χ0n) is 10.1. The fraction of sp³-hybridized carbons (Fsp3) is 0.143. The first-order valence-corrected chi connectivity index (χ1v) is 6.55. The van der Waals surface area contributed by atoms with E-state index in [9.17, 15) is 4.79 Å². The van der Waals surface area contributed by atoms with Gasteiger partial charge >= 0.3 is 0 Å². The number of pyridine rings is 1. The molecule has 0 aliphatic heterocycles. The molecule has 1 amide bonds. The first kappa shape index (κ1) is 13.8. The highest BCUT2D eigenvalue weighted by Gasteiger charge is 2.05. The van der Waals surface area contributed by atoms with Gasteiger partial charge in [-0.05, 0) is 36.8 Å². The van der Waals surface area contributed by atoms with E-state index in [1.807, 2.05) is 18.2 Å². The number of halogens is 2. The number of benzene rings is 1. The lowest BCUT2D eigenvalue weighted by Gasteiger charge is -2.06. The second kappa shape index (κ2) is 6.55. The summed E-state index contributed by atoms with van der Waals surface area (Å²) in [6.07, 6.45) is 2.69. The van der Waals surface area contributed by atoms with E-state index in [-0.39, 0.29) is 5.91 Å². The maximum Gasteiger partial charge on any atom is 0.224 e. The molecule has 5 heteroatoms. The molecule has 2 rings (SSSR count). The summed E-state index contributed by atoms with van der Waals surface area (Å²) in [5.41, 5.74) is 1.53. The Hall–Kier alpha value is -1.58. The van der Waals surface area contributed by atoms with Crippen molar-refractivity contribution in [3.8, 4) is 0 Å². The Morgan fingerprint density at radius 3 is 2.68 bits per heavy atom. The minimum absolute atomic E-state index is 0.0796. The average Bonchev–Trinajstić information content (AvgIpc) is 2.42. The highest BCUT2D eigenvalue weighted by molar-refractivity contribution is 6.42. The van der Waals surface area contributed by atoms with Crippen LogP contribution in [0.25, 0.3) is 0 Å². The highest BCUT2D eigenvalue weighted by atomic mass is 35.5. The summed E-state index contributed by atoms with van der Waals surface area (Å²) in [6.45, 7) is 0. The third kappa shape index (κ3) is 4.23. The Balaban J connectivity index is 1.89. The average molecular weight is 295 g/mol. The first-order chi connectivity index (χ1) is 9.15. The number of nitrogens with one attached hydrogen (secondary N) is 1. The van der Waals surface area contributed by atoms with Crippen LogP contribution >= 0.6 is 23.2 Å². The van der Waals surface area contributed by atoms with E-state index in [1.165, 1.54) is 0 Å². The van der Waals surface area contributed by atoms with Crippen molar-refractivity contribution in [2.24, 2.45) is 0 Å². The van der Waals surface area contributed by atoms with Crippen LogP contribution in [0.5, 0.6) is 0 Å². The molecular weight excluding hydrogens is 283 g/mol. The second-order valence-corrected chi connectivity index (χ2v) is 4.81. The van der Waals surface area contributed by atoms with E-state index < -0.39 is 0 Å². The van der Waals surface area contributed by atoms with Gasteiger partial charge in [-0.15, -0.1) is 0 Å². The number of carbonyl (C=O) groups is 1. The van der Waals surface area contributed by atoms with Gasteiger partial charge < -0.3 is 5.32 Å². The van der Waals surface area contributed by atoms with E-state index in [0.29, 0.717) is 28.6 Å². The SMILES string of the molecule is O=C(CCc1ccccn1)Nc1ccc(Cl)c(Cl)c1. The standard InChI is InChI=1S/C14H12Cl2N2O/c15-12-6-4-11(9-13(12)16)18-14(19)7-5-10-3-1-2-8-17-10/h1-4,6,8-9H,5,7H2,(H,18,19). The zero-order chi connectivity index (χ0) is 13.7. The van der Waals surface area contributed by atoms with Crippen molar-refractivity contribution in [1.82, 2.24) is 4.98 Å². The zero-order valence-corrected chi connectivity index (χ0v) is 11.6. The van der Waals surface area contributed by atoms with Gasteiger partial charge in [0.1, 0.15) is 0 Å². The topological polar surface area (TPSA) is 42.0 Å². The molecule has 98 valence electrons. The van der Waals surface area contributed by atoms with Crippen molar-refractivity contribution < 1.29 is 4.79 Å². The predicted octanol–water partition coefficient (Wildman–Crippen LogP) is 3.96. The molecule has 0 aliphatic carbocycles. The van der Waals surface area contributed by atoms with Gasteiger partial charge in [0.2, 0.25) is 5.91 Å². The van der Waals surface area contributed by atoms with Gasteiger partial charge in [0.25, 0.3) is 0 Å². The Labute approximate surface area is 121 Å². The summed E-state index contributed by atoms with van der Waals surface area (Å²) in [7, 11) is 0. The molecule has 0 unspecified atom stereocenters. The van der Waals surface area contributed by atoms with E-state index in [1.54, 1.807) is 24.4 Å². The van der Waals surface area contributed by atoms with Crippen molar-refractivity contribution in [1.29, 1.82) is 0 Å².